The molecule has 1 N–H and O–H groups in total. The van der Waals surface area contributed by atoms with E-state index >= 15 is 0 Å². The lowest BCUT2D eigenvalue weighted by atomic mass is 9.87. The van der Waals surface area contributed by atoms with Gasteiger partial charge >= 0.3 is 0 Å². The van der Waals surface area contributed by atoms with Crippen molar-refractivity contribution >= 4 is 0 Å². The zero-order chi connectivity index (χ0) is 10.4. The summed E-state index contributed by atoms with van der Waals surface area (Å²) in [5.74, 6) is 0.942. The molecule has 1 atom stereocenters. The van der Waals surface area contributed by atoms with Gasteiger partial charge in [0, 0.05) is 19.2 Å². The fourth-order valence-electron chi connectivity index (χ4n) is 2.14. The molecule has 0 saturated heterocycles. The monoisotopic (exact) mass is 199 g/mol. The van der Waals surface area contributed by atoms with E-state index in [9.17, 15) is 0 Å². The third-order valence-electron chi connectivity index (χ3n) is 3.16. The van der Waals surface area contributed by atoms with E-state index < -0.39 is 0 Å². The summed E-state index contributed by atoms with van der Waals surface area (Å²) in [7, 11) is 0. The Morgan fingerprint density at radius 2 is 1.93 bits per heavy atom. The van der Waals surface area contributed by atoms with Crippen LogP contribution in [0.3, 0.4) is 0 Å². The zero-order valence-electron chi connectivity index (χ0n) is 9.88. The van der Waals surface area contributed by atoms with Gasteiger partial charge in [-0.05, 0) is 45.4 Å². The van der Waals surface area contributed by atoms with Crippen LogP contribution in [0.2, 0.25) is 0 Å². The first-order valence-electron chi connectivity index (χ1n) is 6.07. The predicted molar refractivity (Wildman–Crippen MR) is 60.5 cm³/mol. The number of ether oxygens (including phenoxy) is 1. The summed E-state index contributed by atoms with van der Waals surface area (Å²) in [4.78, 5) is 0. The Balaban J connectivity index is 2.06. The van der Waals surface area contributed by atoms with E-state index in [4.69, 9.17) is 4.74 Å². The van der Waals surface area contributed by atoms with E-state index in [0.717, 1.165) is 25.1 Å². The number of nitrogens with one attached hydrogen (secondary N) is 1. The molecule has 2 nitrogen and oxygen atoms in total. The summed E-state index contributed by atoms with van der Waals surface area (Å²) in [5.41, 5.74) is 0. The van der Waals surface area contributed by atoms with E-state index in [1.54, 1.807) is 0 Å². The molecule has 1 fully saturated rings. The van der Waals surface area contributed by atoms with Crippen LogP contribution in [0.5, 0.6) is 0 Å². The van der Waals surface area contributed by atoms with Gasteiger partial charge in [-0.25, -0.2) is 0 Å². The van der Waals surface area contributed by atoms with Crippen LogP contribution in [-0.4, -0.2) is 25.3 Å². The average Bonchev–Trinajstić information content (AvgIpc) is 2.17. The summed E-state index contributed by atoms with van der Waals surface area (Å²) in [6.45, 7) is 8.39. The number of hydrogen-bond donors (Lipinski definition) is 1. The van der Waals surface area contributed by atoms with Crippen LogP contribution in [0.1, 0.15) is 46.5 Å². The maximum Gasteiger partial charge on any atom is 0.0671 e. The van der Waals surface area contributed by atoms with Gasteiger partial charge in [0.1, 0.15) is 0 Å². The van der Waals surface area contributed by atoms with Crippen molar-refractivity contribution in [3.63, 3.8) is 0 Å². The maximum atomic E-state index is 5.49. The maximum absolute atomic E-state index is 5.49. The molecule has 0 aromatic heterocycles. The molecule has 0 aromatic carbocycles. The molecule has 1 rings (SSSR count). The van der Waals surface area contributed by atoms with Crippen molar-refractivity contribution in [1.82, 2.24) is 5.32 Å². The van der Waals surface area contributed by atoms with Crippen molar-refractivity contribution in [2.75, 3.05) is 13.2 Å². The Hall–Kier alpha value is -0.0800. The molecule has 0 radical (unpaired) electrons. The van der Waals surface area contributed by atoms with Crippen molar-refractivity contribution in [1.29, 1.82) is 0 Å². The van der Waals surface area contributed by atoms with Crippen LogP contribution in [-0.2, 0) is 4.74 Å². The standard InChI is InChI=1S/C12H25NO/c1-4-14-11(3)9-13-12-7-5-10(2)6-8-12/h10-13H,4-9H2,1-3H3. The van der Waals surface area contributed by atoms with Gasteiger partial charge in [0.15, 0.2) is 0 Å². The molecule has 0 aromatic rings. The van der Waals surface area contributed by atoms with Gasteiger partial charge in [-0.2, -0.15) is 0 Å². The van der Waals surface area contributed by atoms with E-state index in [0.29, 0.717) is 6.10 Å². The van der Waals surface area contributed by atoms with E-state index in [-0.39, 0.29) is 0 Å². The Labute approximate surface area is 88.4 Å². The normalized spacial score (nSPS) is 30.2. The zero-order valence-corrected chi connectivity index (χ0v) is 9.88. The van der Waals surface area contributed by atoms with Crippen molar-refractivity contribution in [2.24, 2.45) is 5.92 Å². The molecule has 84 valence electrons. The topological polar surface area (TPSA) is 21.3 Å². The molecule has 0 heterocycles. The minimum Gasteiger partial charge on any atom is -0.377 e. The Morgan fingerprint density at radius 3 is 2.50 bits per heavy atom. The fraction of sp³-hybridized carbons (Fsp3) is 1.00. The second-order valence-corrected chi connectivity index (χ2v) is 4.63. The van der Waals surface area contributed by atoms with E-state index in [2.05, 4.69) is 26.1 Å². The highest BCUT2D eigenvalue weighted by atomic mass is 16.5. The Kier molecular flexibility index (Phi) is 5.49. The van der Waals surface area contributed by atoms with Gasteiger partial charge < -0.3 is 10.1 Å². The van der Waals surface area contributed by atoms with Gasteiger partial charge in [-0.15, -0.1) is 0 Å². The van der Waals surface area contributed by atoms with Crippen LogP contribution < -0.4 is 5.32 Å². The average molecular weight is 199 g/mol. The highest BCUT2D eigenvalue weighted by Crippen LogP contribution is 2.23. The van der Waals surface area contributed by atoms with E-state index in [1.165, 1.54) is 25.7 Å². The lowest BCUT2D eigenvalue weighted by Crippen LogP contribution is -2.37. The molecular formula is C12H25NO. The molecule has 0 aliphatic heterocycles. The molecule has 0 spiro atoms. The second-order valence-electron chi connectivity index (χ2n) is 4.63. The van der Waals surface area contributed by atoms with Gasteiger partial charge in [-0.1, -0.05) is 6.92 Å². The van der Waals surface area contributed by atoms with Gasteiger partial charge in [0.2, 0.25) is 0 Å². The molecule has 2 heteroatoms. The summed E-state index contributed by atoms with van der Waals surface area (Å²) >= 11 is 0. The molecule has 0 amide bonds. The minimum absolute atomic E-state index is 0.361. The summed E-state index contributed by atoms with van der Waals surface area (Å²) in [5, 5.41) is 3.60. The van der Waals surface area contributed by atoms with Crippen LogP contribution in [0, 0.1) is 5.92 Å². The van der Waals surface area contributed by atoms with Gasteiger partial charge in [0.05, 0.1) is 6.10 Å². The highest BCUT2D eigenvalue weighted by Gasteiger charge is 2.17. The molecule has 0 bridgehead atoms. The SMILES string of the molecule is CCOC(C)CNC1CCC(C)CC1. The Bertz CT molecular complexity index is 141. The fourth-order valence-corrected chi connectivity index (χ4v) is 2.14. The summed E-state index contributed by atoms with van der Waals surface area (Å²) in [6.07, 6.45) is 5.83. The first-order valence-corrected chi connectivity index (χ1v) is 6.07. The Morgan fingerprint density at radius 1 is 1.29 bits per heavy atom. The van der Waals surface area contributed by atoms with Crippen molar-refractivity contribution in [3.8, 4) is 0 Å². The van der Waals surface area contributed by atoms with Gasteiger partial charge in [-0.3, -0.25) is 0 Å². The van der Waals surface area contributed by atoms with Crippen molar-refractivity contribution < 1.29 is 4.74 Å². The quantitative estimate of drug-likeness (QED) is 0.735. The van der Waals surface area contributed by atoms with Crippen molar-refractivity contribution in [2.45, 2.75) is 58.6 Å². The number of hydrogen-bond acceptors (Lipinski definition) is 2. The van der Waals surface area contributed by atoms with Crippen LogP contribution in [0.15, 0.2) is 0 Å². The predicted octanol–water partition coefficient (Wildman–Crippen LogP) is 2.58. The first-order chi connectivity index (χ1) is 6.72. The minimum atomic E-state index is 0.361. The van der Waals surface area contributed by atoms with Crippen LogP contribution in [0.4, 0.5) is 0 Å². The first kappa shape index (κ1) is 12.0. The molecule has 1 aliphatic carbocycles. The second kappa shape index (κ2) is 6.41. The molecule has 14 heavy (non-hydrogen) atoms. The van der Waals surface area contributed by atoms with Crippen LogP contribution in [0.25, 0.3) is 0 Å². The third-order valence-corrected chi connectivity index (χ3v) is 3.16. The third kappa shape index (κ3) is 4.43. The smallest absolute Gasteiger partial charge is 0.0671 e. The molecule has 1 aliphatic rings. The molecular weight excluding hydrogens is 174 g/mol. The highest BCUT2D eigenvalue weighted by molar-refractivity contribution is 4.75. The molecule has 1 unspecified atom stereocenters. The van der Waals surface area contributed by atoms with Crippen LogP contribution >= 0.6 is 0 Å². The molecule has 1 saturated carbocycles. The van der Waals surface area contributed by atoms with Crippen molar-refractivity contribution in [3.05, 3.63) is 0 Å². The largest absolute Gasteiger partial charge is 0.377 e. The van der Waals surface area contributed by atoms with E-state index in [1.807, 2.05) is 0 Å². The van der Waals surface area contributed by atoms with Gasteiger partial charge in [0.25, 0.3) is 0 Å². The number of rotatable bonds is 5. The lowest BCUT2D eigenvalue weighted by molar-refractivity contribution is 0.0722. The summed E-state index contributed by atoms with van der Waals surface area (Å²) in [6, 6.07) is 0.745. The lowest BCUT2D eigenvalue weighted by Gasteiger charge is -2.28. The summed E-state index contributed by atoms with van der Waals surface area (Å²) < 4.78 is 5.49.